The molecular formula is C15H25NO2. The largest absolute Gasteiger partial charge is 0.494 e. The molecule has 0 heterocycles. The quantitative estimate of drug-likeness (QED) is 0.627. The van der Waals surface area contributed by atoms with E-state index in [4.69, 9.17) is 9.84 Å². The fourth-order valence-corrected chi connectivity index (χ4v) is 1.84. The number of hydrogen-bond donors (Lipinski definition) is 2. The SMILES string of the molecule is CNCCCc1cccc(OCCCCCO)c1. The molecule has 1 rings (SSSR count). The fraction of sp³-hybridized carbons (Fsp3) is 0.600. The van der Waals surface area contributed by atoms with Crippen LogP contribution in [0.5, 0.6) is 5.75 Å². The highest BCUT2D eigenvalue weighted by molar-refractivity contribution is 5.28. The average molecular weight is 251 g/mol. The van der Waals surface area contributed by atoms with Crippen molar-refractivity contribution in [3.8, 4) is 5.75 Å². The van der Waals surface area contributed by atoms with Crippen LogP contribution in [0.4, 0.5) is 0 Å². The third-order valence-electron chi connectivity index (χ3n) is 2.86. The molecule has 0 spiro atoms. The molecule has 2 N–H and O–H groups in total. The normalized spacial score (nSPS) is 10.6. The van der Waals surface area contributed by atoms with Gasteiger partial charge < -0.3 is 15.2 Å². The van der Waals surface area contributed by atoms with Crippen LogP contribution < -0.4 is 10.1 Å². The molecule has 1 aromatic carbocycles. The monoisotopic (exact) mass is 251 g/mol. The Kier molecular flexibility index (Phi) is 8.26. The molecule has 0 saturated heterocycles. The van der Waals surface area contributed by atoms with Crippen molar-refractivity contribution in [3.63, 3.8) is 0 Å². The Morgan fingerprint density at radius 2 is 2.06 bits per heavy atom. The Morgan fingerprint density at radius 1 is 1.17 bits per heavy atom. The maximum absolute atomic E-state index is 8.68. The Hall–Kier alpha value is -1.06. The number of ether oxygens (including phenoxy) is 1. The molecule has 0 aliphatic carbocycles. The standard InChI is InChI=1S/C15H25NO2/c1-16-10-6-8-14-7-5-9-15(13-14)18-12-4-2-3-11-17/h5,7,9,13,16-17H,2-4,6,8,10-12H2,1H3. The molecule has 0 amide bonds. The van der Waals surface area contributed by atoms with Gasteiger partial charge in [0.25, 0.3) is 0 Å². The van der Waals surface area contributed by atoms with Gasteiger partial charge in [0, 0.05) is 6.61 Å². The molecule has 0 bridgehead atoms. The predicted octanol–water partition coefficient (Wildman–Crippen LogP) is 2.38. The van der Waals surface area contributed by atoms with Crippen molar-refractivity contribution in [1.82, 2.24) is 5.32 Å². The summed E-state index contributed by atoms with van der Waals surface area (Å²) in [5.74, 6) is 0.959. The van der Waals surface area contributed by atoms with Crippen molar-refractivity contribution < 1.29 is 9.84 Å². The van der Waals surface area contributed by atoms with Crippen LogP contribution in [-0.4, -0.2) is 31.9 Å². The van der Waals surface area contributed by atoms with E-state index >= 15 is 0 Å². The van der Waals surface area contributed by atoms with E-state index in [1.807, 2.05) is 13.1 Å². The van der Waals surface area contributed by atoms with E-state index in [9.17, 15) is 0 Å². The first-order valence-electron chi connectivity index (χ1n) is 6.84. The van der Waals surface area contributed by atoms with E-state index in [1.54, 1.807) is 0 Å². The van der Waals surface area contributed by atoms with Crippen molar-refractivity contribution in [2.45, 2.75) is 32.1 Å². The van der Waals surface area contributed by atoms with Crippen molar-refractivity contribution in [2.75, 3.05) is 26.8 Å². The predicted molar refractivity (Wildman–Crippen MR) is 75.1 cm³/mol. The number of unbranched alkanes of at least 4 members (excludes halogenated alkanes) is 2. The summed E-state index contributed by atoms with van der Waals surface area (Å²) in [5.41, 5.74) is 1.33. The van der Waals surface area contributed by atoms with Gasteiger partial charge in [-0.3, -0.25) is 0 Å². The van der Waals surface area contributed by atoms with Gasteiger partial charge in [0.2, 0.25) is 0 Å². The third kappa shape index (κ3) is 6.62. The van der Waals surface area contributed by atoms with Crippen molar-refractivity contribution >= 4 is 0 Å². The second-order valence-corrected chi connectivity index (χ2v) is 4.49. The van der Waals surface area contributed by atoms with Gasteiger partial charge in [-0.25, -0.2) is 0 Å². The topological polar surface area (TPSA) is 41.5 Å². The second kappa shape index (κ2) is 9.92. The summed E-state index contributed by atoms with van der Waals surface area (Å²) in [7, 11) is 1.98. The van der Waals surface area contributed by atoms with Gasteiger partial charge in [0.05, 0.1) is 6.61 Å². The molecule has 3 nitrogen and oxygen atoms in total. The highest BCUT2D eigenvalue weighted by atomic mass is 16.5. The van der Waals surface area contributed by atoms with Crippen LogP contribution in [0.25, 0.3) is 0 Å². The van der Waals surface area contributed by atoms with Crippen molar-refractivity contribution in [3.05, 3.63) is 29.8 Å². The Labute approximate surface area is 110 Å². The van der Waals surface area contributed by atoms with Crippen LogP contribution in [0.15, 0.2) is 24.3 Å². The second-order valence-electron chi connectivity index (χ2n) is 4.49. The smallest absolute Gasteiger partial charge is 0.119 e. The lowest BCUT2D eigenvalue weighted by molar-refractivity contribution is 0.266. The molecule has 0 radical (unpaired) electrons. The lowest BCUT2D eigenvalue weighted by Gasteiger charge is -2.08. The Morgan fingerprint density at radius 3 is 2.83 bits per heavy atom. The van der Waals surface area contributed by atoms with Gasteiger partial charge in [-0.2, -0.15) is 0 Å². The van der Waals surface area contributed by atoms with Crippen LogP contribution in [0.3, 0.4) is 0 Å². The summed E-state index contributed by atoms with van der Waals surface area (Å²) >= 11 is 0. The lowest BCUT2D eigenvalue weighted by atomic mass is 10.1. The molecular weight excluding hydrogens is 226 g/mol. The molecule has 0 atom stereocenters. The highest BCUT2D eigenvalue weighted by Gasteiger charge is 1.97. The summed E-state index contributed by atoms with van der Waals surface area (Å²) in [6.07, 6.45) is 5.13. The van der Waals surface area contributed by atoms with Crippen LogP contribution in [0.2, 0.25) is 0 Å². The summed E-state index contributed by atoms with van der Waals surface area (Å²) in [5, 5.41) is 11.8. The molecule has 0 unspecified atom stereocenters. The van der Waals surface area contributed by atoms with Crippen molar-refractivity contribution in [1.29, 1.82) is 0 Å². The van der Waals surface area contributed by atoms with Crippen molar-refractivity contribution in [2.24, 2.45) is 0 Å². The van der Waals surface area contributed by atoms with E-state index in [1.165, 1.54) is 5.56 Å². The maximum Gasteiger partial charge on any atom is 0.119 e. The minimum Gasteiger partial charge on any atom is -0.494 e. The minimum absolute atomic E-state index is 0.279. The van der Waals surface area contributed by atoms with E-state index in [0.29, 0.717) is 0 Å². The van der Waals surface area contributed by atoms with Gasteiger partial charge in [0.1, 0.15) is 5.75 Å². The van der Waals surface area contributed by atoms with Crippen LogP contribution in [0, 0.1) is 0 Å². The van der Waals surface area contributed by atoms with E-state index in [2.05, 4.69) is 23.5 Å². The van der Waals surface area contributed by atoms with E-state index in [-0.39, 0.29) is 6.61 Å². The average Bonchev–Trinajstić information content (AvgIpc) is 2.39. The molecule has 0 aromatic heterocycles. The first-order chi connectivity index (χ1) is 8.86. The van der Waals surface area contributed by atoms with Gasteiger partial charge in [0.15, 0.2) is 0 Å². The lowest BCUT2D eigenvalue weighted by Crippen LogP contribution is -2.08. The third-order valence-corrected chi connectivity index (χ3v) is 2.86. The number of aliphatic hydroxyl groups is 1. The highest BCUT2D eigenvalue weighted by Crippen LogP contribution is 2.15. The number of aliphatic hydroxyl groups excluding tert-OH is 1. The molecule has 3 heteroatoms. The van der Waals surface area contributed by atoms with E-state index < -0.39 is 0 Å². The summed E-state index contributed by atoms with van der Waals surface area (Å²) in [6.45, 7) is 2.06. The number of hydrogen-bond acceptors (Lipinski definition) is 3. The summed E-state index contributed by atoms with van der Waals surface area (Å²) < 4.78 is 5.70. The van der Waals surface area contributed by atoms with Gasteiger partial charge in [-0.15, -0.1) is 0 Å². The zero-order chi connectivity index (χ0) is 13.1. The molecule has 1 aromatic rings. The fourth-order valence-electron chi connectivity index (χ4n) is 1.84. The maximum atomic E-state index is 8.68. The van der Waals surface area contributed by atoms with Gasteiger partial charge >= 0.3 is 0 Å². The Balaban J connectivity index is 2.26. The van der Waals surface area contributed by atoms with E-state index in [0.717, 1.165) is 51.0 Å². The molecule has 0 fully saturated rings. The molecule has 0 aliphatic heterocycles. The van der Waals surface area contributed by atoms with Crippen LogP contribution in [-0.2, 0) is 6.42 Å². The van der Waals surface area contributed by atoms with Gasteiger partial charge in [-0.1, -0.05) is 12.1 Å². The minimum atomic E-state index is 0.279. The number of benzene rings is 1. The Bertz CT molecular complexity index is 315. The zero-order valence-electron chi connectivity index (χ0n) is 11.3. The number of rotatable bonds is 10. The number of aryl methyl sites for hydroxylation is 1. The molecule has 18 heavy (non-hydrogen) atoms. The summed E-state index contributed by atoms with van der Waals surface area (Å²) in [6, 6.07) is 8.33. The molecule has 0 aliphatic rings. The first kappa shape index (κ1) is 15.0. The summed E-state index contributed by atoms with van der Waals surface area (Å²) in [4.78, 5) is 0. The van der Waals surface area contributed by atoms with Crippen LogP contribution in [0.1, 0.15) is 31.2 Å². The molecule has 102 valence electrons. The first-order valence-corrected chi connectivity index (χ1v) is 6.84. The molecule has 0 saturated carbocycles. The number of nitrogens with one attached hydrogen (secondary N) is 1. The van der Waals surface area contributed by atoms with Crippen LogP contribution >= 0.6 is 0 Å². The zero-order valence-corrected chi connectivity index (χ0v) is 11.3. The van der Waals surface area contributed by atoms with Gasteiger partial charge in [-0.05, 0) is 63.4 Å².